The third-order valence-electron chi connectivity index (χ3n) is 3.55. The van der Waals surface area contributed by atoms with Crippen LogP contribution in [0.25, 0.3) is 0 Å². The van der Waals surface area contributed by atoms with Crippen molar-refractivity contribution in [2.75, 3.05) is 18.5 Å². The number of hydrogen-bond acceptors (Lipinski definition) is 5. The minimum Gasteiger partial charge on any atom is -0.394 e. The number of carbonyl (C=O) groups is 2. The number of amides is 2. The van der Waals surface area contributed by atoms with Gasteiger partial charge in [0.05, 0.1) is 24.5 Å². The molecule has 2 amide bonds. The van der Waals surface area contributed by atoms with Crippen molar-refractivity contribution < 1.29 is 23.9 Å². The van der Waals surface area contributed by atoms with Gasteiger partial charge in [-0.05, 0) is 53.3 Å². The molecule has 1 aromatic carbocycles. The molecule has 0 saturated heterocycles. The van der Waals surface area contributed by atoms with Gasteiger partial charge in [-0.25, -0.2) is 4.39 Å². The summed E-state index contributed by atoms with van der Waals surface area (Å²) < 4.78 is 16.6. The number of aliphatic hydroxyl groups is 1. The topological polar surface area (TPSA) is 83.8 Å². The highest BCUT2D eigenvalue weighted by Gasteiger charge is 2.28. The molecule has 0 aliphatic rings. The number of hydrogen-bond donors (Lipinski definition) is 2. The van der Waals surface area contributed by atoms with Gasteiger partial charge in [-0.2, -0.15) is 0 Å². The Balaban J connectivity index is 2.43. The average molecular weight is 475 g/mol. The Morgan fingerprint density at radius 3 is 2.69 bits per heavy atom. The number of nitrogens with zero attached hydrogens (tertiary/aromatic N) is 2. The SMILES string of the molecule is CC(=O)N(OCCO)C(=O)c1c(C)cn(C)c1Nc1ccc(I)cc1F. The Morgan fingerprint density at radius 2 is 2.12 bits per heavy atom. The van der Waals surface area contributed by atoms with Crippen LogP contribution in [0.4, 0.5) is 15.9 Å². The molecule has 1 aromatic heterocycles. The van der Waals surface area contributed by atoms with Gasteiger partial charge in [-0.3, -0.25) is 14.4 Å². The van der Waals surface area contributed by atoms with E-state index < -0.39 is 17.6 Å². The van der Waals surface area contributed by atoms with Gasteiger partial charge < -0.3 is 15.0 Å². The number of benzene rings is 1. The van der Waals surface area contributed by atoms with Crippen molar-refractivity contribution in [3.63, 3.8) is 0 Å². The quantitative estimate of drug-likeness (QED) is 0.496. The molecule has 1 heterocycles. The molecule has 0 fully saturated rings. The first kappa shape index (κ1) is 20.3. The molecular formula is C17H19FIN3O4. The normalized spacial score (nSPS) is 10.7. The fraction of sp³-hybridized carbons (Fsp3) is 0.294. The highest BCUT2D eigenvalue weighted by molar-refractivity contribution is 14.1. The molecule has 0 aliphatic carbocycles. The zero-order valence-corrected chi connectivity index (χ0v) is 16.7. The number of imide groups is 1. The van der Waals surface area contributed by atoms with Gasteiger partial charge in [0.2, 0.25) is 0 Å². The van der Waals surface area contributed by atoms with Crippen LogP contribution in [-0.2, 0) is 16.7 Å². The molecule has 26 heavy (non-hydrogen) atoms. The zero-order valence-electron chi connectivity index (χ0n) is 14.5. The highest BCUT2D eigenvalue weighted by Crippen LogP contribution is 2.28. The third kappa shape index (κ3) is 4.40. The average Bonchev–Trinajstić information content (AvgIpc) is 2.83. The van der Waals surface area contributed by atoms with E-state index in [-0.39, 0.29) is 24.5 Å². The van der Waals surface area contributed by atoms with E-state index in [1.165, 1.54) is 13.0 Å². The number of anilines is 2. The van der Waals surface area contributed by atoms with Crippen LogP contribution in [0.5, 0.6) is 0 Å². The first-order valence-electron chi connectivity index (χ1n) is 7.73. The maximum Gasteiger partial charge on any atom is 0.288 e. The Morgan fingerprint density at radius 1 is 1.42 bits per heavy atom. The van der Waals surface area contributed by atoms with Gasteiger partial charge >= 0.3 is 0 Å². The third-order valence-corrected chi connectivity index (χ3v) is 4.22. The maximum atomic E-state index is 14.2. The number of aromatic nitrogens is 1. The lowest BCUT2D eigenvalue weighted by Gasteiger charge is -2.19. The summed E-state index contributed by atoms with van der Waals surface area (Å²) >= 11 is 2.00. The summed E-state index contributed by atoms with van der Waals surface area (Å²) in [6, 6.07) is 4.67. The molecule has 9 heteroatoms. The number of halogens is 2. The number of aliphatic hydroxyl groups excluding tert-OH is 1. The summed E-state index contributed by atoms with van der Waals surface area (Å²) in [6.45, 7) is 2.34. The number of rotatable bonds is 6. The van der Waals surface area contributed by atoms with Gasteiger partial charge in [0.1, 0.15) is 11.6 Å². The van der Waals surface area contributed by atoms with Crippen molar-refractivity contribution in [1.29, 1.82) is 0 Å². The number of carbonyl (C=O) groups excluding carboxylic acids is 2. The van der Waals surface area contributed by atoms with Gasteiger partial charge in [0.25, 0.3) is 11.8 Å². The Hall–Kier alpha value is -1.98. The van der Waals surface area contributed by atoms with Crippen LogP contribution >= 0.6 is 22.6 Å². The van der Waals surface area contributed by atoms with E-state index in [1.807, 2.05) is 22.6 Å². The molecule has 0 saturated carbocycles. The summed E-state index contributed by atoms with van der Waals surface area (Å²) in [5, 5.41) is 12.4. The molecule has 0 aliphatic heterocycles. The lowest BCUT2D eigenvalue weighted by atomic mass is 10.2. The van der Waals surface area contributed by atoms with E-state index in [0.29, 0.717) is 16.4 Å². The van der Waals surface area contributed by atoms with E-state index in [0.717, 1.165) is 3.57 Å². The number of nitrogens with one attached hydrogen (secondary N) is 1. The summed E-state index contributed by atoms with van der Waals surface area (Å²) in [5.74, 6) is -1.46. The fourth-order valence-corrected chi connectivity index (χ4v) is 2.90. The van der Waals surface area contributed by atoms with Gasteiger partial charge in [0.15, 0.2) is 0 Å². The van der Waals surface area contributed by atoms with Crippen LogP contribution in [0, 0.1) is 16.3 Å². The second kappa shape index (κ2) is 8.60. The molecule has 0 bridgehead atoms. The van der Waals surface area contributed by atoms with Crippen LogP contribution in [0.1, 0.15) is 22.8 Å². The molecule has 7 nitrogen and oxygen atoms in total. The lowest BCUT2D eigenvalue weighted by molar-refractivity contribution is -0.169. The molecule has 140 valence electrons. The van der Waals surface area contributed by atoms with E-state index >= 15 is 0 Å². The first-order valence-corrected chi connectivity index (χ1v) is 8.81. The second-order valence-corrected chi connectivity index (χ2v) is 6.82. The molecule has 2 N–H and O–H groups in total. The van der Waals surface area contributed by atoms with Crippen molar-refractivity contribution in [1.82, 2.24) is 9.63 Å². The number of aryl methyl sites for hydroxylation is 2. The van der Waals surface area contributed by atoms with Crippen LogP contribution in [0.3, 0.4) is 0 Å². The Labute approximate surface area is 163 Å². The van der Waals surface area contributed by atoms with Crippen molar-refractivity contribution in [3.8, 4) is 0 Å². The smallest absolute Gasteiger partial charge is 0.288 e. The first-order chi connectivity index (χ1) is 12.3. The summed E-state index contributed by atoms with van der Waals surface area (Å²) in [7, 11) is 1.70. The molecule has 0 unspecified atom stereocenters. The van der Waals surface area contributed by atoms with Crippen molar-refractivity contribution >= 4 is 45.9 Å². The maximum absolute atomic E-state index is 14.2. The summed E-state index contributed by atoms with van der Waals surface area (Å²) in [5.41, 5.74) is 0.967. The van der Waals surface area contributed by atoms with E-state index in [2.05, 4.69) is 5.32 Å². The van der Waals surface area contributed by atoms with Gasteiger partial charge in [-0.15, -0.1) is 5.06 Å². The molecule has 2 rings (SSSR count). The molecule has 0 atom stereocenters. The second-order valence-electron chi connectivity index (χ2n) is 5.57. The van der Waals surface area contributed by atoms with Crippen LogP contribution in [0.2, 0.25) is 0 Å². The fourth-order valence-electron chi connectivity index (χ4n) is 2.45. The zero-order chi connectivity index (χ0) is 19.4. The van der Waals surface area contributed by atoms with E-state index in [4.69, 9.17) is 9.94 Å². The van der Waals surface area contributed by atoms with E-state index in [9.17, 15) is 14.0 Å². The number of hydroxylamine groups is 2. The summed E-state index contributed by atoms with van der Waals surface area (Å²) in [4.78, 5) is 29.6. The van der Waals surface area contributed by atoms with Gasteiger partial charge in [-0.1, -0.05) is 0 Å². The van der Waals surface area contributed by atoms with Crippen molar-refractivity contribution in [2.45, 2.75) is 13.8 Å². The summed E-state index contributed by atoms with van der Waals surface area (Å²) in [6.07, 6.45) is 1.69. The molecule has 2 aromatic rings. The van der Waals surface area contributed by atoms with E-state index in [1.54, 1.807) is 36.9 Å². The monoisotopic (exact) mass is 475 g/mol. The minimum absolute atomic E-state index is 0.179. The molecule has 0 spiro atoms. The predicted octanol–water partition coefficient (Wildman–Crippen LogP) is 2.73. The van der Waals surface area contributed by atoms with Gasteiger partial charge in [0, 0.05) is 23.7 Å². The lowest BCUT2D eigenvalue weighted by Crippen LogP contribution is -2.36. The van der Waals surface area contributed by atoms with Crippen LogP contribution < -0.4 is 5.32 Å². The Bertz CT molecular complexity index is 838. The van der Waals surface area contributed by atoms with Crippen LogP contribution in [-0.4, -0.2) is 39.8 Å². The standard InChI is InChI=1S/C17H19FIN3O4/c1-10-9-21(3)16(20-14-5-4-12(19)8-13(14)18)15(10)17(25)22(11(2)24)26-7-6-23/h4-5,8-9,20,23H,6-7H2,1-3H3. The Kier molecular flexibility index (Phi) is 6.73. The molecular weight excluding hydrogens is 456 g/mol. The largest absolute Gasteiger partial charge is 0.394 e. The van der Waals surface area contributed by atoms with Crippen molar-refractivity contribution in [3.05, 3.63) is 44.9 Å². The minimum atomic E-state index is -0.697. The molecule has 0 radical (unpaired) electrons. The van der Waals surface area contributed by atoms with Crippen molar-refractivity contribution in [2.24, 2.45) is 7.05 Å². The van der Waals surface area contributed by atoms with Crippen LogP contribution in [0.15, 0.2) is 24.4 Å². The predicted molar refractivity (Wildman–Crippen MR) is 102 cm³/mol. The highest BCUT2D eigenvalue weighted by atomic mass is 127.